The summed E-state index contributed by atoms with van der Waals surface area (Å²) in [6, 6.07) is 4.22. The van der Waals surface area contributed by atoms with Crippen molar-refractivity contribution in [2.75, 3.05) is 14.1 Å². The van der Waals surface area contributed by atoms with Crippen molar-refractivity contribution in [2.24, 2.45) is 0 Å². The topological polar surface area (TPSA) is 40.5 Å². The van der Waals surface area contributed by atoms with E-state index in [1.807, 2.05) is 0 Å². The van der Waals surface area contributed by atoms with Gasteiger partial charge in [-0.05, 0) is 54.6 Å². The lowest BCUT2D eigenvalue weighted by Crippen LogP contribution is -2.45. The first-order valence-electron chi connectivity index (χ1n) is 4.66. The number of carbonyl (C=O) groups is 1. The third kappa shape index (κ3) is 2.10. The second-order valence-corrected chi connectivity index (χ2v) is 4.76. The molecular weight excluding hydrogens is 277 g/mol. The van der Waals surface area contributed by atoms with E-state index in [9.17, 15) is 14.3 Å². The van der Waals surface area contributed by atoms with E-state index in [1.165, 1.54) is 18.2 Å². The summed E-state index contributed by atoms with van der Waals surface area (Å²) >= 11 is 3.05. The highest BCUT2D eigenvalue weighted by Gasteiger charge is 2.37. The fourth-order valence-electron chi connectivity index (χ4n) is 1.37. The minimum atomic E-state index is -1.17. The number of hydrogen-bond acceptors (Lipinski definition) is 2. The second kappa shape index (κ2) is 4.51. The van der Waals surface area contributed by atoms with Crippen molar-refractivity contribution >= 4 is 21.9 Å². The largest absolute Gasteiger partial charge is 0.480 e. The van der Waals surface area contributed by atoms with Crippen LogP contribution in [0, 0.1) is 5.82 Å². The molecule has 1 rings (SSSR count). The Labute approximate surface area is 102 Å². The highest BCUT2D eigenvalue weighted by molar-refractivity contribution is 9.10. The van der Waals surface area contributed by atoms with Gasteiger partial charge in [-0.3, -0.25) is 4.90 Å². The zero-order chi connectivity index (χ0) is 12.5. The van der Waals surface area contributed by atoms with Crippen molar-refractivity contribution in [3.63, 3.8) is 0 Å². The van der Waals surface area contributed by atoms with E-state index in [0.29, 0.717) is 5.56 Å². The lowest BCUT2D eigenvalue weighted by Gasteiger charge is -2.32. The summed E-state index contributed by atoms with van der Waals surface area (Å²) in [6.45, 7) is 1.58. The number of nitrogens with zero attached hydrogens (tertiary/aromatic N) is 1. The highest BCUT2D eigenvalue weighted by Crippen LogP contribution is 2.29. The lowest BCUT2D eigenvalue weighted by atomic mass is 9.91. The summed E-state index contributed by atoms with van der Waals surface area (Å²) in [5, 5.41) is 9.27. The smallest absolute Gasteiger partial charge is 0.328 e. The maximum atomic E-state index is 13.1. The van der Waals surface area contributed by atoms with Gasteiger partial charge in [0.2, 0.25) is 0 Å². The second-order valence-electron chi connectivity index (χ2n) is 3.90. The number of rotatable bonds is 3. The minimum absolute atomic E-state index is 0.263. The molecule has 0 aliphatic rings. The third-order valence-electron chi connectivity index (χ3n) is 2.79. The summed E-state index contributed by atoms with van der Waals surface area (Å²) in [6.07, 6.45) is 0. The molecule has 1 atom stereocenters. The first kappa shape index (κ1) is 13.1. The summed E-state index contributed by atoms with van der Waals surface area (Å²) in [4.78, 5) is 12.9. The molecule has 0 heterocycles. The molecule has 1 aromatic carbocycles. The van der Waals surface area contributed by atoms with Gasteiger partial charge in [-0.15, -0.1) is 0 Å². The van der Waals surface area contributed by atoms with Gasteiger partial charge in [0, 0.05) is 0 Å². The van der Waals surface area contributed by atoms with Gasteiger partial charge >= 0.3 is 5.97 Å². The Balaban J connectivity index is 3.33. The molecule has 0 saturated carbocycles. The minimum Gasteiger partial charge on any atom is -0.480 e. The first-order valence-corrected chi connectivity index (χ1v) is 5.45. The van der Waals surface area contributed by atoms with Crippen LogP contribution < -0.4 is 0 Å². The van der Waals surface area contributed by atoms with Gasteiger partial charge in [-0.2, -0.15) is 0 Å². The molecule has 0 amide bonds. The van der Waals surface area contributed by atoms with Crippen molar-refractivity contribution in [3.05, 3.63) is 34.1 Å². The van der Waals surface area contributed by atoms with Gasteiger partial charge in [0.25, 0.3) is 0 Å². The average Bonchev–Trinajstić information content (AvgIpc) is 2.20. The van der Waals surface area contributed by atoms with Crippen LogP contribution in [-0.4, -0.2) is 30.1 Å². The number of carboxylic acid groups (broad SMARTS) is 1. The first-order chi connectivity index (χ1) is 7.30. The molecule has 5 heteroatoms. The molecule has 0 spiro atoms. The van der Waals surface area contributed by atoms with E-state index in [0.717, 1.165) is 0 Å². The molecule has 88 valence electrons. The Morgan fingerprint density at radius 2 is 2.06 bits per heavy atom. The number of benzene rings is 1. The number of likely N-dealkylation sites (N-methyl/N-ethyl adjacent to an activating group) is 1. The summed E-state index contributed by atoms with van der Waals surface area (Å²) in [5.74, 6) is -1.38. The quantitative estimate of drug-likeness (QED) is 0.929. The van der Waals surface area contributed by atoms with Crippen molar-refractivity contribution in [3.8, 4) is 0 Å². The maximum absolute atomic E-state index is 13.1. The molecule has 16 heavy (non-hydrogen) atoms. The van der Waals surface area contributed by atoms with Crippen LogP contribution in [0.2, 0.25) is 0 Å². The Kier molecular flexibility index (Phi) is 3.70. The molecule has 0 unspecified atom stereocenters. The maximum Gasteiger partial charge on any atom is 0.328 e. The van der Waals surface area contributed by atoms with E-state index in [4.69, 9.17) is 0 Å². The van der Waals surface area contributed by atoms with E-state index in [1.54, 1.807) is 25.9 Å². The fourth-order valence-corrected chi connectivity index (χ4v) is 1.75. The molecular formula is C11H13BrFNO2. The third-order valence-corrected chi connectivity index (χ3v) is 3.40. The zero-order valence-electron chi connectivity index (χ0n) is 9.29. The Bertz CT molecular complexity index is 422. The normalized spacial score (nSPS) is 14.9. The molecule has 0 aliphatic carbocycles. The number of hydrogen-bond donors (Lipinski definition) is 1. The van der Waals surface area contributed by atoms with Gasteiger partial charge in [0.15, 0.2) is 0 Å². The molecule has 0 fully saturated rings. The predicted molar refractivity (Wildman–Crippen MR) is 62.8 cm³/mol. The SMILES string of the molecule is CN(C)[C@@](C)(C(=O)O)c1ccc(F)c(Br)c1. The highest BCUT2D eigenvalue weighted by atomic mass is 79.9. The van der Waals surface area contributed by atoms with Gasteiger partial charge < -0.3 is 5.11 Å². The molecule has 0 aromatic heterocycles. The Hall–Kier alpha value is -0.940. The van der Waals surface area contributed by atoms with Gasteiger partial charge in [0.1, 0.15) is 11.4 Å². The van der Waals surface area contributed by atoms with Crippen LogP contribution in [0.5, 0.6) is 0 Å². The standard InChI is InChI=1S/C11H13BrFNO2/c1-11(10(15)16,14(2)3)7-4-5-9(13)8(12)6-7/h4-6H,1-3H3,(H,15,16)/t11-/m1/s1. The number of carboxylic acids is 1. The molecule has 1 aromatic rings. The van der Waals surface area contributed by atoms with Gasteiger partial charge in [-0.25, -0.2) is 9.18 Å². The van der Waals surface area contributed by atoms with Crippen molar-refractivity contribution in [2.45, 2.75) is 12.5 Å². The van der Waals surface area contributed by atoms with Crippen LogP contribution in [0.4, 0.5) is 4.39 Å². The number of aliphatic carboxylic acids is 1. The fraction of sp³-hybridized carbons (Fsp3) is 0.364. The van der Waals surface area contributed by atoms with Crippen molar-refractivity contribution in [1.82, 2.24) is 4.90 Å². The summed E-state index contributed by atoms with van der Waals surface area (Å²) in [7, 11) is 3.34. The molecule has 1 N–H and O–H groups in total. The molecule has 0 bridgehead atoms. The molecule has 0 saturated heterocycles. The van der Waals surface area contributed by atoms with E-state index < -0.39 is 17.3 Å². The van der Waals surface area contributed by atoms with Crippen LogP contribution in [-0.2, 0) is 10.3 Å². The Morgan fingerprint density at radius 3 is 2.44 bits per heavy atom. The summed E-state index contributed by atoms with van der Waals surface area (Å²) in [5.41, 5.74) is -0.644. The van der Waals surface area contributed by atoms with Gasteiger partial charge in [-0.1, -0.05) is 6.07 Å². The van der Waals surface area contributed by atoms with E-state index >= 15 is 0 Å². The monoisotopic (exact) mass is 289 g/mol. The number of halogens is 2. The Morgan fingerprint density at radius 1 is 1.50 bits per heavy atom. The van der Waals surface area contributed by atoms with E-state index in [2.05, 4.69) is 15.9 Å². The summed E-state index contributed by atoms with van der Waals surface area (Å²) < 4.78 is 13.3. The van der Waals surface area contributed by atoms with Crippen molar-refractivity contribution in [1.29, 1.82) is 0 Å². The van der Waals surface area contributed by atoms with Crippen LogP contribution >= 0.6 is 15.9 Å². The molecule has 0 aliphatic heterocycles. The van der Waals surface area contributed by atoms with Crippen LogP contribution in [0.1, 0.15) is 12.5 Å². The molecule has 3 nitrogen and oxygen atoms in total. The predicted octanol–water partition coefficient (Wildman–Crippen LogP) is 2.45. The zero-order valence-corrected chi connectivity index (χ0v) is 10.9. The average molecular weight is 290 g/mol. The molecule has 0 radical (unpaired) electrons. The van der Waals surface area contributed by atoms with E-state index in [-0.39, 0.29) is 4.47 Å². The van der Waals surface area contributed by atoms with Crippen LogP contribution in [0.3, 0.4) is 0 Å². The lowest BCUT2D eigenvalue weighted by molar-refractivity contribution is -0.149. The van der Waals surface area contributed by atoms with Gasteiger partial charge in [0.05, 0.1) is 4.47 Å². The van der Waals surface area contributed by atoms with Crippen LogP contribution in [0.25, 0.3) is 0 Å². The van der Waals surface area contributed by atoms with Crippen molar-refractivity contribution < 1.29 is 14.3 Å². The van der Waals surface area contributed by atoms with Crippen LogP contribution in [0.15, 0.2) is 22.7 Å².